The van der Waals surface area contributed by atoms with Gasteiger partial charge in [-0.15, -0.1) is 0 Å². The average Bonchev–Trinajstić information content (AvgIpc) is 0.653. The average molecular weight is 1140 g/mol. The lowest BCUT2D eigenvalue weighted by Gasteiger charge is -2.56. The van der Waals surface area contributed by atoms with E-state index in [-0.39, 0.29) is 13.6 Å². The highest BCUT2D eigenvalue weighted by atomic mass is 15.2. The number of rotatable bonds is 9. The smallest absolute Gasteiger partial charge is 0.333 e. The number of fused-ring (bicyclic) bond motifs is 2. The van der Waals surface area contributed by atoms with E-state index in [4.69, 9.17) is 0 Å². The number of anilines is 11. The van der Waals surface area contributed by atoms with Crippen LogP contribution in [0.2, 0.25) is 0 Å². The molecule has 0 atom stereocenters. The normalized spacial score (nSPS) is 13.4. The Balaban J connectivity index is 0.947. The Hall–Kier alpha value is -11.6. The number of nitrogens with zero attached hydrogens (tertiary/aromatic N) is 4. The Morgan fingerprint density at radius 1 is 0.167 bits per heavy atom. The number of para-hydroxylation sites is 3. The molecule has 6 heteroatoms. The van der Waals surface area contributed by atoms with E-state index in [1.165, 1.54) is 168 Å². The molecular weight excluding hydrogens is 1090 g/mol. The minimum Gasteiger partial charge on any atom is -0.377 e. The summed E-state index contributed by atoms with van der Waals surface area (Å²) in [5.74, 6) is 0. The van der Waals surface area contributed by atoms with E-state index < -0.39 is 0 Å². The molecule has 14 aromatic carbocycles. The molecule has 0 aromatic heterocycles. The largest absolute Gasteiger partial charge is 0.377 e. The second-order valence-corrected chi connectivity index (χ2v) is 24.5. The molecule has 20 rings (SSSR count). The molecule has 0 amide bonds. The Labute approximate surface area is 524 Å². The van der Waals surface area contributed by atoms with Gasteiger partial charge in [0.15, 0.2) is 0 Å². The maximum absolute atomic E-state index is 2.85. The molecule has 0 N–H and O–H groups in total. The molecule has 0 saturated carbocycles. The molecule has 0 aliphatic carbocycles. The van der Waals surface area contributed by atoms with Gasteiger partial charge >= 0.3 is 6.85 Å². The maximum Gasteiger partial charge on any atom is 0.333 e. The van der Waals surface area contributed by atoms with Crippen molar-refractivity contribution in [3.63, 3.8) is 0 Å². The summed E-state index contributed by atoms with van der Waals surface area (Å²) < 4.78 is 0. The summed E-state index contributed by atoms with van der Waals surface area (Å²) in [7, 11) is 0. The standard InChI is InChI=1S/C84H52B2N4/c1-7-25-53(26-8-1)59-37-19-38-60(54-27-9-2-10-28-54)80(59)87-69-45-22-43-65-67-49-51-73-78-83(67)90-84-68(66-44-23-46-70(87)76(66)86(90)75(65)69)50-52-74-79(84)85(78)77-71(88(73)81-61(55-29-11-3-12-30-55)39-20-40-62(81)56-31-13-4-14-32-56)47-24-48-72(77)89(74)82-63(57-33-15-5-16-34-57)41-21-42-64(82)58-35-17-6-18-36-58/h1-52H. The number of benzene rings is 14. The first-order valence-electron chi connectivity index (χ1n) is 31.4. The topological polar surface area (TPSA) is 13.0 Å². The molecule has 0 saturated heterocycles. The fraction of sp³-hybridized carbons (Fsp3) is 0. The van der Waals surface area contributed by atoms with E-state index in [1.807, 2.05) is 0 Å². The van der Waals surface area contributed by atoms with E-state index in [0.717, 1.165) is 11.4 Å². The lowest BCUT2D eigenvalue weighted by Crippen LogP contribution is -2.72. The van der Waals surface area contributed by atoms with Gasteiger partial charge in [0.25, 0.3) is 6.71 Å². The first-order chi connectivity index (χ1) is 44.8. The molecule has 6 aliphatic heterocycles. The molecule has 4 nitrogen and oxygen atoms in total. The van der Waals surface area contributed by atoms with Crippen LogP contribution in [-0.2, 0) is 0 Å². The van der Waals surface area contributed by atoms with Gasteiger partial charge in [-0.2, -0.15) is 0 Å². The van der Waals surface area contributed by atoms with Crippen LogP contribution in [0, 0.1) is 0 Å². The third-order valence-corrected chi connectivity index (χ3v) is 20.1. The lowest BCUT2D eigenvalue weighted by atomic mass is 9.29. The zero-order chi connectivity index (χ0) is 58.7. The monoisotopic (exact) mass is 1140 g/mol. The van der Waals surface area contributed by atoms with Gasteiger partial charge in [0, 0.05) is 90.0 Å². The predicted octanol–water partition coefficient (Wildman–Crippen LogP) is 18.8. The molecular formula is C84H52B2N4. The summed E-state index contributed by atoms with van der Waals surface area (Å²) in [6, 6.07) is 118. The van der Waals surface area contributed by atoms with Crippen molar-refractivity contribution in [2.75, 3.05) is 19.5 Å². The zero-order valence-corrected chi connectivity index (χ0v) is 49.0. The summed E-state index contributed by atoms with van der Waals surface area (Å²) in [5.41, 5.74) is 39.1. The summed E-state index contributed by atoms with van der Waals surface area (Å²) in [5, 5.41) is 0. The van der Waals surface area contributed by atoms with Crippen molar-refractivity contribution < 1.29 is 0 Å². The van der Waals surface area contributed by atoms with Crippen LogP contribution in [0.15, 0.2) is 315 Å². The van der Waals surface area contributed by atoms with Crippen molar-refractivity contribution in [3.8, 4) is 89.0 Å². The maximum atomic E-state index is 2.85. The van der Waals surface area contributed by atoms with E-state index in [1.54, 1.807) is 0 Å². The highest BCUT2D eigenvalue weighted by Crippen LogP contribution is 2.60. The highest BCUT2D eigenvalue weighted by Gasteiger charge is 2.58. The second kappa shape index (κ2) is 19.0. The predicted molar refractivity (Wildman–Crippen MR) is 379 cm³/mol. The molecule has 414 valence electrons. The fourth-order valence-electron chi connectivity index (χ4n) is 16.6. The minimum atomic E-state index is -0.157. The first kappa shape index (κ1) is 49.5. The Kier molecular flexibility index (Phi) is 10.4. The summed E-state index contributed by atoms with van der Waals surface area (Å²) in [4.78, 5) is 10.9. The third-order valence-electron chi connectivity index (χ3n) is 20.1. The van der Waals surface area contributed by atoms with Crippen LogP contribution in [0.5, 0.6) is 0 Å². The van der Waals surface area contributed by atoms with E-state index in [2.05, 4.69) is 335 Å². The Morgan fingerprint density at radius 3 is 0.711 bits per heavy atom. The molecule has 90 heavy (non-hydrogen) atoms. The van der Waals surface area contributed by atoms with Gasteiger partial charge in [-0.1, -0.05) is 279 Å². The van der Waals surface area contributed by atoms with Crippen LogP contribution in [0.25, 0.3) is 89.0 Å². The third kappa shape index (κ3) is 6.71. The number of hydrogen-bond donors (Lipinski definition) is 0. The Bertz CT molecular complexity index is 4890. The SMILES string of the molecule is c1ccc(-c2cccc(-c3ccccc3)c2N2c3cccc4c3B3c5c(cccc52)-c2ccc5c6c2N3c2c-4ccc3c2B6c2c(cccc2N5c2c(-c4ccccc4)cccc2-c2ccccc2)N3c2c(-c3ccccc3)cccc2-c2ccccc2)cc1. The van der Waals surface area contributed by atoms with E-state index >= 15 is 0 Å². The van der Waals surface area contributed by atoms with Gasteiger partial charge in [0.1, 0.15) is 0 Å². The van der Waals surface area contributed by atoms with Crippen molar-refractivity contribution in [2.24, 2.45) is 0 Å². The molecule has 0 radical (unpaired) electrons. The Morgan fingerprint density at radius 2 is 0.411 bits per heavy atom. The molecule has 0 fully saturated rings. The highest BCUT2D eigenvalue weighted by molar-refractivity contribution is 7.06. The summed E-state index contributed by atoms with van der Waals surface area (Å²) >= 11 is 0. The quantitative estimate of drug-likeness (QED) is 0.134. The van der Waals surface area contributed by atoms with Gasteiger partial charge in [0.05, 0.1) is 17.1 Å². The molecule has 0 spiro atoms. The van der Waals surface area contributed by atoms with Crippen molar-refractivity contribution in [2.45, 2.75) is 0 Å². The zero-order valence-electron chi connectivity index (χ0n) is 49.0. The van der Waals surface area contributed by atoms with Crippen molar-refractivity contribution in [3.05, 3.63) is 315 Å². The van der Waals surface area contributed by atoms with E-state index in [0.29, 0.717) is 0 Å². The van der Waals surface area contributed by atoms with Crippen LogP contribution in [-0.4, -0.2) is 13.6 Å². The van der Waals surface area contributed by atoms with Gasteiger partial charge in [-0.25, -0.2) is 0 Å². The molecule has 0 unspecified atom stereocenters. The van der Waals surface area contributed by atoms with Gasteiger partial charge < -0.3 is 19.5 Å². The summed E-state index contributed by atoms with van der Waals surface area (Å²) in [6.45, 7) is -0.279. The first-order valence-corrected chi connectivity index (χ1v) is 31.4. The van der Waals surface area contributed by atoms with Crippen molar-refractivity contribution in [1.82, 2.24) is 0 Å². The van der Waals surface area contributed by atoms with Crippen molar-refractivity contribution in [1.29, 1.82) is 0 Å². The molecule has 6 aliphatic rings. The molecule has 6 heterocycles. The lowest BCUT2D eigenvalue weighted by molar-refractivity contribution is 1.22. The summed E-state index contributed by atoms with van der Waals surface area (Å²) in [6.07, 6.45) is 0. The second-order valence-electron chi connectivity index (χ2n) is 24.5. The molecule has 0 bridgehead atoms. The molecule has 14 aromatic rings. The van der Waals surface area contributed by atoms with E-state index in [9.17, 15) is 0 Å². The van der Waals surface area contributed by atoms with Gasteiger partial charge in [-0.3, -0.25) is 0 Å². The fourth-order valence-corrected chi connectivity index (χ4v) is 16.6. The van der Waals surface area contributed by atoms with Gasteiger partial charge in [0.2, 0.25) is 0 Å². The van der Waals surface area contributed by atoms with Crippen molar-refractivity contribution >= 4 is 103 Å². The van der Waals surface area contributed by atoms with Gasteiger partial charge in [-0.05, 0) is 108 Å². The van der Waals surface area contributed by atoms with Crippen LogP contribution < -0.4 is 46.8 Å². The van der Waals surface area contributed by atoms with Crippen LogP contribution in [0.3, 0.4) is 0 Å². The minimum absolute atomic E-state index is 0.122. The van der Waals surface area contributed by atoms with Crippen LogP contribution in [0.1, 0.15) is 0 Å². The van der Waals surface area contributed by atoms with Crippen LogP contribution in [0.4, 0.5) is 62.6 Å². The van der Waals surface area contributed by atoms with Crippen LogP contribution >= 0.6 is 0 Å². The number of hydrogen-bond acceptors (Lipinski definition) is 4.